The van der Waals surface area contributed by atoms with Crippen molar-refractivity contribution >= 4 is 36.0 Å². The molecule has 2 N–H and O–H groups in total. The zero-order valence-electron chi connectivity index (χ0n) is 23.8. The van der Waals surface area contributed by atoms with Gasteiger partial charge in [-0.05, 0) is 29.5 Å². The number of amides is 4. The molecular weight excluding hydrogens is 548 g/mol. The van der Waals surface area contributed by atoms with Crippen LogP contribution in [-0.2, 0) is 32.3 Å². The van der Waals surface area contributed by atoms with Crippen molar-refractivity contribution < 1.29 is 28.7 Å². The molecule has 0 aliphatic carbocycles. The van der Waals surface area contributed by atoms with Crippen molar-refractivity contribution in [1.82, 2.24) is 15.5 Å². The lowest BCUT2D eigenvalue weighted by Gasteiger charge is -2.44. The Balaban J connectivity index is 1.35. The number of hydrogen-bond acceptors (Lipinski definition) is 7. The highest BCUT2D eigenvalue weighted by Crippen LogP contribution is 2.32. The number of guanidine groups is 1. The van der Waals surface area contributed by atoms with Crippen molar-refractivity contribution in [1.29, 1.82) is 0 Å². The predicted molar refractivity (Wildman–Crippen MR) is 161 cm³/mol. The summed E-state index contributed by atoms with van der Waals surface area (Å²) < 4.78 is 10.5. The SMILES string of the molecule is CC(=O)N1C(=O)[C@@H](CCCN=C(NC(=O)OCc2ccccc2)NC(=O)OCc2ccccc2)[C@@H]1C=Cc1ccccc1. The van der Waals surface area contributed by atoms with Crippen LogP contribution in [-0.4, -0.2) is 47.4 Å². The van der Waals surface area contributed by atoms with Gasteiger partial charge in [0.1, 0.15) is 13.2 Å². The molecule has 4 rings (SSSR count). The topological polar surface area (TPSA) is 126 Å². The first-order valence-electron chi connectivity index (χ1n) is 14.0. The van der Waals surface area contributed by atoms with Crippen molar-refractivity contribution in [2.24, 2.45) is 10.9 Å². The molecule has 1 saturated heterocycles. The molecule has 0 radical (unpaired) electrons. The summed E-state index contributed by atoms with van der Waals surface area (Å²) in [6.45, 7) is 1.63. The number of nitrogens with zero attached hydrogens (tertiary/aromatic N) is 2. The van der Waals surface area contributed by atoms with Gasteiger partial charge in [-0.1, -0.05) is 103 Å². The van der Waals surface area contributed by atoms with Crippen molar-refractivity contribution in [2.75, 3.05) is 6.54 Å². The zero-order valence-corrected chi connectivity index (χ0v) is 23.8. The van der Waals surface area contributed by atoms with E-state index >= 15 is 0 Å². The third-order valence-corrected chi connectivity index (χ3v) is 6.70. The average molecular weight is 583 g/mol. The number of imide groups is 1. The Kier molecular flexibility index (Phi) is 11.2. The minimum absolute atomic E-state index is 0.0345. The van der Waals surface area contributed by atoms with E-state index in [4.69, 9.17) is 9.47 Å². The van der Waals surface area contributed by atoms with Gasteiger partial charge in [0.25, 0.3) is 0 Å². The van der Waals surface area contributed by atoms with E-state index in [1.807, 2.05) is 103 Å². The zero-order chi connectivity index (χ0) is 30.4. The summed E-state index contributed by atoms with van der Waals surface area (Å²) in [6, 6.07) is 27.6. The standard InChI is InChI=1S/C33H34N4O6/c1-24(38)37-29(20-19-25-12-5-2-6-13-25)28(30(37)39)18-11-21-34-31(35-32(40)42-22-26-14-7-3-8-15-26)36-33(41)43-23-27-16-9-4-10-17-27/h2-10,12-17,19-20,28-29H,11,18,21-23H2,1H3,(H2,34,35,36,40,41)/t28-,29-/m0/s1. The van der Waals surface area contributed by atoms with E-state index in [9.17, 15) is 19.2 Å². The highest BCUT2D eigenvalue weighted by Gasteiger charge is 2.47. The Morgan fingerprint density at radius 1 is 0.814 bits per heavy atom. The second-order valence-electron chi connectivity index (χ2n) is 9.84. The molecule has 0 bridgehead atoms. The highest BCUT2D eigenvalue weighted by atomic mass is 16.6. The Morgan fingerprint density at radius 3 is 1.84 bits per heavy atom. The number of benzene rings is 3. The van der Waals surface area contributed by atoms with Crippen LogP contribution in [0.15, 0.2) is 102 Å². The summed E-state index contributed by atoms with van der Waals surface area (Å²) in [4.78, 5) is 55.3. The van der Waals surface area contributed by atoms with Crippen LogP contribution in [0.1, 0.15) is 36.5 Å². The normalized spacial score (nSPS) is 15.7. The number of ether oxygens (including phenoxy) is 2. The first kappa shape index (κ1) is 30.7. The van der Waals surface area contributed by atoms with Crippen molar-refractivity contribution in [3.63, 3.8) is 0 Å². The first-order valence-corrected chi connectivity index (χ1v) is 14.0. The molecule has 3 aromatic rings. The lowest BCUT2D eigenvalue weighted by molar-refractivity contribution is -0.162. The number of carbonyl (C=O) groups is 4. The molecule has 4 amide bonds. The van der Waals surface area contributed by atoms with E-state index in [0.717, 1.165) is 16.7 Å². The molecule has 10 heteroatoms. The van der Waals surface area contributed by atoms with E-state index < -0.39 is 12.2 Å². The average Bonchev–Trinajstić information content (AvgIpc) is 3.02. The summed E-state index contributed by atoms with van der Waals surface area (Å²) in [7, 11) is 0. The summed E-state index contributed by atoms with van der Waals surface area (Å²) in [5.74, 6) is -1.05. The maximum Gasteiger partial charge on any atom is 0.414 e. The van der Waals surface area contributed by atoms with Crippen molar-refractivity contribution in [3.05, 3.63) is 114 Å². The molecule has 3 aromatic carbocycles. The molecule has 1 heterocycles. The Bertz CT molecular complexity index is 1380. The Labute approximate surface area is 250 Å². The lowest BCUT2D eigenvalue weighted by atomic mass is 9.83. The number of aliphatic imine (C=N–C) groups is 1. The second kappa shape index (κ2) is 15.7. The Hall–Kier alpha value is -5.25. The number of β-lactam (4-membered cyclic amide) rings is 1. The number of likely N-dealkylation sites (tertiary alicyclic amines) is 1. The second-order valence-corrected chi connectivity index (χ2v) is 9.84. The molecule has 0 aromatic heterocycles. The third kappa shape index (κ3) is 9.39. The van der Waals surface area contributed by atoms with Gasteiger partial charge in [0.05, 0.1) is 12.0 Å². The number of carbonyl (C=O) groups excluding carboxylic acids is 4. The number of rotatable bonds is 10. The van der Waals surface area contributed by atoms with Gasteiger partial charge in [-0.3, -0.25) is 30.1 Å². The minimum Gasteiger partial charge on any atom is -0.444 e. The van der Waals surface area contributed by atoms with Gasteiger partial charge in [-0.15, -0.1) is 0 Å². The summed E-state index contributed by atoms with van der Waals surface area (Å²) in [6.07, 6.45) is 3.08. The highest BCUT2D eigenvalue weighted by molar-refractivity contribution is 6.02. The molecule has 1 fully saturated rings. The lowest BCUT2D eigenvalue weighted by Crippen LogP contribution is -2.61. The van der Waals surface area contributed by atoms with Crippen molar-refractivity contribution in [3.8, 4) is 0 Å². The van der Waals surface area contributed by atoms with Gasteiger partial charge >= 0.3 is 12.2 Å². The third-order valence-electron chi connectivity index (χ3n) is 6.70. The fraction of sp³-hybridized carbons (Fsp3) is 0.242. The molecule has 222 valence electrons. The number of hydrogen-bond donors (Lipinski definition) is 2. The first-order chi connectivity index (χ1) is 20.9. The fourth-order valence-corrected chi connectivity index (χ4v) is 4.55. The molecule has 2 atom stereocenters. The van der Waals surface area contributed by atoms with Crippen LogP contribution in [0, 0.1) is 5.92 Å². The molecular formula is C33H34N4O6. The quantitative estimate of drug-likeness (QED) is 0.149. The van der Waals surface area contributed by atoms with Crippen LogP contribution in [0.5, 0.6) is 0 Å². The van der Waals surface area contributed by atoms with Gasteiger partial charge in [-0.25, -0.2) is 9.59 Å². The van der Waals surface area contributed by atoms with Gasteiger partial charge in [-0.2, -0.15) is 0 Å². The van der Waals surface area contributed by atoms with Crippen LogP contribution in [0.25, 0.3) is 6.08 Å². The molecule has 0 spiro atoms. The summed E-state index contributed by atoms with van der Waals surface area (Å²) >= 11 is 0. The maximum atomic E-state index is 12.7. The van der Waals surface area contributed by atoms with Gasteiger partial charge < -0.3 is 9.47 Å². The molecule has 0 saturated carbocycles. The largest absolute Gasteiger partial charge is 0.444 e. The van der Waals surface area contributed by atoms with Crippen LogP contribution in [0.3, 0.4) is 0 Å². The van der Waals surface area contributed by atoms with Crippen LogP contribution in [0.2, 0.25) is 0 Å². The maximum absolute atomic E-state index is 12.7. The number of nitrogens with one attached hydrogen (secondary N) is 2. The molecule has 0 unspecified atom stereocenters. The van der Waals surface area contributed by atoms with Gasteiger partial charge in [0.15, 0.2) is 0 Å². The van der Waals surface area contributed by atoms with Gasteiger partial charge in [0, 0.05) is 13.5 Å². The van der Waals surface area contributed by atoms with E-state index in [1.54, 1.807) is 0 Å². The smallest absolute Gasteiger partial charge is 0.414 e. The summed E-state index contributed by atoms with van der Waals surface area (Å²) in [5.41, 5.74) is 2.56. The van der Waals surface area contributed by atoms with Crippen LogP contribution in [0.4, 0.5) is 9.59 Å². The number of alkyl carbamates (subject to hydrolysis) is 2. The van der Waals surface area contributed by atoms with E-state index in [2.05, 4.69) is 15.6 Å². The summed E-state index contributed by atoms with van der Waals surface area (Å²) in [5, 5.41) is 4.91. The van der Waals surface area contributed by atoms with Crippen LogP contribution < -0.4 is 10.6 Å². The minimum atomic E-state index is -0.802. The van der Waals surface area contributed by atoms with Crippen LogP contribution >= 0.6 is 0 Å². The van der Waals surface area contributed by atoms with E-state index in [-0.39, 0.29) is 49.5 Å². The van der Waals surface area contributed by atoms with Gasteiger partial charge in [0.2, 0.25) is 17.8 Å². The monoisotopic (exact) mass is 582 g/mol. The molecule has 43 heavy (non-hydrogen) atoms. The molecule has 1 aliphatic rings. The fourth-order valence-electron chi connectivity index (χ4n) is 4.55. The molecule has 10 nitrogen and oxygen atoms in total. The van der Waals surface area contributed by atoms with E-state index in [0.29, 0.717) is 12.8 Å². The van der Waals surface area contributed by atoms with Crippen molar-refractivity contribution in [2.45, 2.75) is 39.0 Å². The molecule has 1 aliphatic heterocycles. The predicted octanol–water partition coefficient (Wildman–Crippen LogP) is 5.06. The van der Waals surface area contributed by atoms with E-state index in [1.165, 1.54) is 11.8 Å². The Morgan fingerprint density at radius 2 is 1.33 bits per heavy atom.